The molecule has 0 aromatic heterocycles. The number of carbonyl (C=O) groups excluding carboxylic acids is 1. The molecule has 0 heterocycles. The van der Waals surface area contributed by atoms with Gasteiger partial charge in [0, 0.05) is 11.6 Å². The van der Waals surface area contributed by atoms with Gasteiger partial charge in [-0.2, -0.15) is 0 Å². The van der Waals surface area contributed by atoms with Gasteiger partial charge in [0.2, 0.25) is 0 Å². The number of ether oxygens (including phenoxy) is 2. The summed E-state index contributed by atoms with van der Waals surface area (Å²) in [6.07, 6.45) is 5.44. The van der Waals surface area contributed by atoms with Crippen molar-refractivity contribution in [1.82, 2.24) is 5.43 Å². The molecular weight excluding hydrogens is 316 g/mol. The highest BCUT2D eigenvalue weighted by atomic mass is 16.5. The minimum absolute atomic E-state index is 0.381. The third-order valence-electron chi connectivity index (χ3n) is 3.53. The Balaban J connectivity index is 2.31. The second kappa shape index (κ2) is 9.30. The molecule has 0 radical (unpaired) electrons. The van der Waals surface area contributed by atoms with Crippen molar-refractivity contribution in [3.8, 4) is 11.5 Å². The molecule has 0 bridgehead atoms. The Morgan fingerprint density at radius 3 is 2.68 bits per heavy atom. The molecule has 5 nitrogen and oxygen atoms in total. The molecule has 0 aliphatic carbocycles. The number of nitrogens with one attached hydrogen (secondary N) is 1. The summed E-state index contributed by atoms with van der Waals surface area (Å²) in [5, 5.41) is 0. The molecule has 130 valence electrons. The van der Waals surface area contributed by atoms with Crippen molar-refractivity contribution in [3.05, 3.63) is 77.9 Å². The Kier molecular flexibility index (Phi) is 6.80. The number of benzene rings is 2. The normalized spacial score (nSPS) is 10.5. The molecular formula is C20H22N2O3. The Labute approximate surface area is 147 Å². The molecule has 2 aromatic carbocycles. The lowest BCUT2D eigenvalue weighted by Gasteiger charge is -2.16. The van der Waals surface area contributed by atoms with Crippen LogP contribution in [0.25, 0.3) is 6.08 Å². The van der Waals surface area contributed by atoms with Crippen LogP contribution in [0.2, 0.25) is 0 Å². The summed E-state index contributed by atoms with van der Waals surface area (Å²) in [5.74, 6) is 5.97. The van der Waals surface area contributed by atoms with Gasteiger partial charge in [-0.1, -0.05) is 36.4 Å². The SMILES string of the molecule is C=CCc1cc(/C=C/C(=O)NN)cc(OC)c1OCc1ccccc1. The Hall–Kier alpha value is -3.05. The van der Waals surface area contributed by atoms with Crippen LogP contribution in [0, 0.1) is 0 Å². The van der Waals surface area contributed by atoms with Crippen molar-refractivity contribution in [3.63, 3.8) is 0 Å². The molecule has 1 amide bonds. The largest absolute Gasteiger partial charge is 0.493 e. The average Bonchev–Trinajstić information content (AvgIpc) is 2.65. The van der Waals surface area contributed by atoms with Gasteiger partial charge in [-0.05, 0) is 35.8 Å². The average molecular weight is 338 g/mol. The summed E-state index contributed by atoms with van der Waals surface area (Å²) in [7, 11) is 1.59. The third kappa shape index (κ3) is 5.22. The number of amides is 1. The topological polar surface area (TPSA) is 73.6 Å². The number of rotatable bonds is 8. The number of allylic oxidation sites excluding steroid dienone is 1. The fraction of sp³-hybridized carbons (Fsp3) is 0.150. The van der Waals surface area contributed by atoms with Gasteiger partial charge in [-0.15, -0.1) is 6.58 Å². The summed E-state index contributed by atoms with van der Waals surface area (Å²) in [6, 6.07) is 13.7. The molecule has 2 rings (SSSR count). The van der Waals surface area contributed by atoms with Crippen LogP contribution in [-0.2, 0) is 17.8 Å². The zero-order valence-electron chi connectivity index (χ0n) is 14.2. The standard InChI is InChI=1S/C20H22N2O3/c1-3-7-17-12-16(10-11-19(23)22-21)13-18(24-2)20(17)25-14-15-8-5-4-6-9-15/h3-6,8-13H,1,7,14,21H2,2H3,(H,22,23)/b11-10+. The molecule has 2 aromatic rings. The molecule has 0 saturated carbocycles. The fourth-order valence-corrected chi connectivity index (χ4v) is 2.35. The van der Waals surface area contributed by atoms with E-state index in [1.165, 1.54) is 6.08 Å². The number of carbonyl (C=O) groups is 1. The van der Waals surface area contributed by atoms with E-state index in [1.54, 1.807) is 19.3 Å². The summed E-state index contributed by atoms with van der Waals surface area (Å²) in [4.78, 5) is 11.3. The van der Waals surface area contributed by atoms with E-state index in [0.29, 0.717) is 24.5 Å². The van der Waals surface area contributed by atoms with E-state index < -0.39 is 0 Å². The molecule has 0 unspecified atom stereocenters. The third-order valence-corrected chi connectivity index (χ3v) is 3.53. The summed E-state index contributed by atoms with van der Waals surface area (Å²) in [5.41, 5.74) is 4.86. The van der Waals surface area contributed by atoms with Crippen LogP contribution < -0.4 is 20.7 Å². The summed E-state index contributed by atoms with van der Waals surface area (Å²) in [6.45, 7) is 4.23. The second-order valence-electron chi connectivity index (χ2n) is 5.32. The lowest BCUT2D eigenvalue weighted by atomic mass is 10.0. The molecule has 0 fully saturated rings. The monoisotopic (exact) mass is 338 g/mol. The van der Waals surface area contributed by atoms with E-state index in [2.05, 4.69) is 12.0 Å². The van der Waals surface area contributed by atoms with Crippen molar-refractivity contribution >= 4 is 12.0 Å². The molecule has 0 aliphatic rings. The second-order valence-corrected chi connectivity index (χ2v) is 5.32. The first-order chi connectivity index (χ1) is 12.2. The van der Waals surface area contributed by atoms with Crippen LogP contribution in [0.3, 0.4) is 0 Å². The molecule has 0 spiro atoms. The van der Waals surface area contributed by atoms with Crippen LogP contribution in [0.1, 0.15) is 16.7 Å². The van der Waals surface area contributed by atoms with Gasteiger partial charge in [-0.25, -0.2) is 5.84 Å². The van der Waals surface area contributed by atoms with E-state index in [4.69, 9.17) is 15.3 Å². The van der Waals surface area contributed by atoms with Crippen molar-refractivity contribution in [1.29, 1.82) is 0 Å². The minimum Gasteiger partial charge on any atom is -0.493 e. The van der Waals surface area contributed by atoms with Crippen molar-refractivity contribution < 1.29 is 14.3 Å². The van der Waals surface area contributed by atoms with Crippen LogP contribution in [0.4, 0.5) is 0 Å². The number of hydrazine groups is 1. The lowest BCUT2D eigenvalue weighted by molar-refractivity contribution is -0.116. The van der Waals surface area contributed by atoms with Crippen molar-refractivity contribution in [2.45, 2.75) is 13.0 Å². The Bertz CT molecular complexity index is 755. The fourth-order valence-electron chi connectivity index (χ4n) is 2.35. The number of hydrogen-bond donors (Lipinski definition) is 2. The van der Waals surface area contributed by atoms with Crippen molar-refractivity contribution in [2.75, 3.05) is 7.11 Å². The van der Waals surface area contributed by atoms with Gasteiger partial charge in [-0.3, -0.25) is 10.2 Å². The molecule has 3 N–H and O–H groups in total. The smallest absolute Gasteiger partial charge is 0.257 e. The maximum Gasteiger partial charge on any atom is 0.257 e. The predicted molar refractivity (Wildman–Crippen MR) is 99.0 cm³/mol. The maximum atomic E-state index is 11.3. The van der Waals surface area contributed by atoms with Gasteiger partial charge >= 0.3 is 0 Å². The van der Waals surface area contributed by atoms with E-state index in [9.17, 15) is 4.79 Å². The molecule has 25 heavy (non-hydrogen) atoms. The first-order valence-corrected chi connectivity index (χ1v) is 7.85. The van der Waals surface area contributed by atoms with Crippen molar-refractivity contribution in [2.24, 2.45) is 5.84 Å². The van der Waals surface area contributed by atoms with E-state index in [-0.39, 0.29) is 5.91 Å². The van der Waals surface area contributed by atoms with Gasteiger partial charge in [0.25, 0.3) is 5.91 Å². The van der Waals surface area contributed by atoms with Gasteiger partial charge in [0.1, 0.15) is 6.61 Å². The van der Waals surface area contributed by atoms with Gasteiger partial charge in [0.05, 0.1) is 7.11 Å². The lowest BCUT2D eigenvalue weighted by Crippen LogP contribution is -2.27. The molecule has 0 saturated heterocycles. The highest BCUT2D eigenvalue weighted by molar-refractivity contribution is 5.91. The zero-order valence-corrected chi connectivity index (χ0v) is 14.2. The summed E-state index contributed by atoms with van der Waals surface area (Å²) >= 11 is 0. The highest BCUT2D eigenvalue weighted by Crippen LogP contribution is 2.34. The minimum atomic E-state index is -0.381. The van der Waals surface area contributed by atoms with Crippen LogP contribution in [0.15, 0.2) is 61.2 Å². The molecule has 5 heteroatoms. The molecule has 0 atom stereocenters. The predicted octanol–water partition coefficient (Wildman–Crippen LogP) is 3.01. The molecule has 0 aliphatic heterocycles. The van der Waals surface area contributed by atoms with Gasteiger partial charge < -0.3 is 9.47 Å². The Morgan fingerprint density at radius 2 is 2.04 bits per heavy atom. The van der Waals surface area contributed by atoms with Gasteiger partial charge in [0.15, 0.2) is 11.5 Å². The van der Waals surface area contributed by atoms with E-state index >= 15 is 0 Å². The van der Waals surface area contributed by atoms with Crippen LogP contribution in [0.5, 0.6) is 11.5 Å². The quantitative estimate of drug-likeness (QED) is 0.255. The number of methoxy groups -OCH3 is 1. The Morgan fingerprint density at radius 1 is 1.28 bits per heavy atom. The summed E-state index contributed by atoms with van der Waals surface area (Å²) < 4.78 is 11.5. The number of hydrogen-bond acceptors (Lipinski definition) is 4. The van der Waals surface area contributed by atoms with Crippen LogP contribution >= 0.6 is 0 Å². The first-order valence-electron chi connectivity index (χ1n) is 7.85. The first kappa shape index (κ1) is 18.3. The maximum absolute atomic E-state index is 11.3. The van der Waals surface area contributed by atoms with Crippen LogP contribution in [-0.4, -0.2) is 13.0 Å². The highest BCUT2D eigenvalue weighted by Gasteiger charge is 2.12. The van der Waals surface area contributed by atoms with E-state index in [0.717, 1.165) is 16.7 Å². The zero-order chi connectivity index (χ0) is 18.1. The van der Waals surface area contributed by atoms with E-state index in [1.807, 2.05) is 42.5 Å². The number of nitrogens with two attached hydrogens (primary N) is 1.